The highest BCUT2D eigenvalue weighted by Gasteiger charge is 2.37. The van der Waals surface area contributed by atoms with E-state index in [0.717, 1.165) is 21.8 Å². The number of esters is 1. The molecule has 0 radical (unpaired) electrons. The van der Waals surface area contributed by atoms with Gasteiger partial charge in [-0.25, -0.2) is 9.36 Å². The third kappa shape index (κ3) is 3.72. The van der Waals surface area contributed by atoms with Crippen LogP contribution in [-0.4, -0.2) is 32.3 Å². The molecule has 0 bridgehead atoms. The summed E-state index contributed by atoms with van der Waals surface area (Å²) in [6, 6.07) is 16.3. The van der Waals surface area contributed by atoms with E-state index in [1.54, 1.807) is 31.2 Å². The fraction of sp³-hybridized carbons (Fsp3) is 0.120. The van der Waals surface area contributed by atoms with Crippen LogP contribution in [0.25, 0.3) is 11.8 Å². The van der Waals surface area contributed by atoms with Gasteiger partial charge < -0.3 is 19.9 Å². The lowest BCUT2D eigenvalue weighted by Gasteiger charge is -2.19. The summed E-state index contributed by atoms with van der Waals surface area (Å²) in [7, 11) is 0. The summed E-state index contributed by atoms with van der Waals surface area (Å²) in [5.74, 6) is -1.45. The number of allylic oxidation sites excluding steroid dienone is 1. The normalized spacial score (nSPS) is 14.7. The lowest BCUT2D eigenvalue weighted by molar-refractivity contribution is 0.0526. The van der Waals surface area contributed by atoms with Gasteiger partial charge in [0.1, 0.15) is 0 Å². The Morgan fingerprint density at radius 3 is 2.62 bits per heavy atom. The van der Waals surface area contributed by atoms with Gasteiger partial charge in [0.25, 0.3) is 0 Å². The molecule has 1 unspecified atom stereocenters. The highest BCUT2D eigenvalue weighted by molar-refractivity contribution is 7.99. The number of ether oxygens (including phenoxy) is 1. The first-order chi connectivity index (χ1) is 16.5. The number of carbonyl (C=O) groups is 1. The first kappa shape index (κ1) is 22.1. The van der Waals surface area contributed by atoms with Crippen molar-refractivity contribution in [2.24, 2.45) is 0 Å². The number of benzene rings is 2. The monoisotopic (exact) mass is 492 g/mol. The minimum absolute atomic E-state index is 0.197. The van der Waals surface area contributed by atoms with E-state index in [1.807, 2.05) is 42.5 Å². The second-order valence-electron chi connectivity index (χ2n) is 7.52. The predicted octanol–water partition coefficient (Wildman–Crippen LogP) is 5.12. The molecule has 5 rings (SSSR count). The van der Waals surface area contributed by atoms with E-state index in [-0.39, 0.29) is 28.8 Å². The van der Waals surface area contributed by atoms with Crippen molar-refractivity contribution in [1.82, 2.24) is 9.55 Å². The molecular formula is C25H20N2O5S2. The van der Waals surface area contributed by atoms with Crippen LogP contribution in [0.3, 0.4) is 0 Å². The van der Waals surface area contributed by atoms with Crippen molar-refractivity contribution >= 4 is 35.1 Å². The smallest absolute Gasteiger partial charge is 0.340 e. The van der Waals surface area contributed by atoms with Crippen LogP contribution in [0.4, 0.5) is 0 Å². The van der Waals surface area contributed by atoms with Crippen molar-refractivity contribution in [3.63, 3.8) is 0 Å². The molecule has 0 amide bonds. The Hall–Kier alpha value is -3.69. The number of rotatable bonds is 5. The number of nitrogens with one attached hydrogen (secondary N) is 1. The molecule has 3 heterocycles. The van der Waals surface area contributed by atoms with Gasteiger partial charge in [-0.15, -0.1) is 0 Å². The number of hydrogen-bond donors (Lipinski definition) is 3. The Morgan fingerprint density at radius 1 is 1.12 bits per heavy atom. The molecule has 0 saturated heterocycles. The molecule has 1 aliphatic rings. The van der Waals surface area contributed by atoms with Crippen molar-refractivity contribution in [3.8, 4) is 17.4 Å². The fourth-order valence-corrected chi connectivity index (χ4v) is 6.22. The van der Waals surface area contributed by atoms with Crippen molar-refractivity contribution in [1.29, 1.82) is 0 Å². The first-order valence-corrected chi connectivity index (χ1v) is 12.2. The summed E-state index contributed by atoms with van der Waals surface area (Å²) >= 11 is 2.26. The molecule has 1 aliphatic heterocycles. The van der Waals surface area contributed by atoms with Crippen LogP contribution in [-0.2, 0) is 4.74 Å². The standard InChI is InChI=1S/C25H20N2O5S2/c1-2-32-24(30)15-10-6-7-11-17(15)27-22(28)18-16(13-12-14-8-4-3-5-9-14)19-21(26-25(31)34-19)33-20(18)23(27)29/h3-13,16,28-29H,2H2,1H3,(H,26,31)/b13-12+. The maximum absolute atomic E-state index is 12.5. The number of carbonyl (C=O) groups excluding carboxylic acids is 1. The highest BCUT2D eigenvalue weighted by Crippen LogP contribution is 2.55. The number of thiazole rings is 1. The summed E-state index contributed by atoms with van der Waals surface area (Å²) < 4.78 is 6.41. The Morgan fingerprint density at radius 2 is 1.85 bits per heavy atom. The molecule has 0 saturated carbocycles. The van der Waals surface area contributed by atoms with Crippen LogP contribution < -0.4 is 4.87 Å². The molecule has 0 fully saturated rings. The number of aromatic hydroxyl groups is 2. The molecule has 0 aliphatic carbocycles. The number of nitrogens with zero attached hydrogens (tertiary/aromatic N) is 1. The summed E-state index contributed by atoms with van der Waals surface area (Å²) in [5, 5.41) is 23.2. The fourth-order valence-electron chi connectivity index (χ4n) is 4.00. The van der Waals surface area contributed by atoms with Gasteiger partial charge in [-0.1, -0.05) is 77.7 Å². The number of para-hydroxylation sites is 1. The van der Waals surface area contributed by atoms with E-state index in [0.29, 0.717) is 21.2 Å². The first-order valence-electron chi connectivity index (χ1n) is 10.6. The third-order valence-corrected chi connectivity index (χ3v) is 7.70. The molecule has 1 atom stereocenters. The van der Waals surface area contributed by atoms with Crippen LogP contribution in [0.15, 0.2) is 75.4 Å². The number of aromatic nitrogens is 2. The maximum atomic E-state index is 12.5. The topological polar surface area (TPSA) is 105 Å². The molecule has 4 aromatic rings. The minimum atomic E-state index is -0.555. The number of fused-ring (bicyclic) bond motifs is 2. The average Bonchev–Trinajstić information content (AvgIpc) is 3.33. The Labute approximate surface area is 203 Å². The Balaban J connectivity index is 1.69. The van der Waals surface area contributed by atoms with Gasteiger partial charge >= 0.3 is 10.8 Å². The van der Waals surface area contributed by atoms with Crippen LogP contribution in [0.5, 0.6) is 11.8 Å². The van der Waals surface area contributed by atoms with Crippen molar-refractivity contribution in [3.05, 3.63) is 91.9 Å². The van der Waals surface area contributed by atoms with Gasteiger partial charge in [-0.2, -0.15) is 0 Å². The van der Waals surface area contributed by atoms with Gasteiger partial charge in [0.05, 0.1) is 32.7 Å². The van der Waals surface area contributed by atoms with Gasteiger partial charge in [-0.05, 0) is 24.6 Å². The molecule has 2 aromatic heterocycles. The van der Waals surface area contributed by atoms with Gasteiger partial charge in [0, 0.05) is 11.5 Å². The number of H-pyrrole nitrogens is 1. The largest absolute Gasteiger partial charge is 0.494 e. The Bertz CT molecular complexity index is 1470. The zero-order valence-electron chi connectivity index (χ0n) is 18.0. The summed E-state index contributed by atoms with van der Waals surface area (Å²) in [6.45, 7) is 1.91. The quantitative estimate of drug-likeness (QED) is 0.334. The molecule has 0 spiro atoms. The second kappa shape index (κ2) is 8.92. The second-order valence-corrected chi connectivity index (χ2v) is 9.56. The SMILES string of the molecule is CCOC(=O)c1ccccc1-n1c(O)c2c(c1O)C(/C=C/c1ccccc1)c1sc(=O)[nH]c1S2. The highest BCUT2D eigenvalue weighted by atomic mass is 32.2. The lowest BCUT2D eigenvalue weighted by Crippen LogP contribution is -2.09. The van der Waals surface area contributed by atoms with E-state index >= 15 is 0 Å². The van der Waals surface area contributed by atoms with Crippen LogP contribution in [0, 0.1) is 0 Å². The lowest BCUT2D eigenvalue weighted by atomic mass is 9.98. The summed E-state index contributed by atoms with van der Waals surface area (Å²) in [6.07, 6.45) is 3.82. The van der Waals surface area contributed by atoms with E-state index in [4.69, 9.17) is 4.74 Å². The molecule has 2 aromatic carbocycles. The van der Waals surface area contributed by atoms with E-state index in [2.05, 4.69) is 4.98 Å². The van der Waals surface area contributed by atoms with Gasteiger partial charge in [0.15, 0.2) is 0 Å². The van der Waals surface area contributed by atoms with Gasteiger partial charge in [-0.3, -0.25) is 4.79 Å². The molecule has 172 valence electrons. The number of aromatic amines is 1. The zero-order chi connectivity index (χ0) is 23.8. The van der Waals surface area contributed by atoms with Crippen LogP contribution in [0.1, 0.15) is 39.2 Å². The van der Waals surface area contributed by atoms with Crippen molar-refractivity contribution in [2.45, 2.75) is 22.8 Å². The molecule has 3 N–H and O–H groups in total. The summed E-state index contributed by atoms with van der Waals surface area (Å²) in [4.78, 5) is 28.5. The third-order valence-electron chi connectivity index (χ3n) is 5.47. The van der Waals surface area contributed by atoms with Crippen LogP contribution >= 0.6 is 23.1 Å². The molecule has 9 heteroatoms. The van der Waals surface area contributed by atoms with Crippen molar-refractivity contribution < 1.29 is 19.7 Å². The number of hydrogen-bond acceptors (Lipinski definition) is 7. The van der Waals surface area contributed by atoms with Crippen molar-refractivity contribution in [2.75, 3.05) is 6.61 Å². The maximum Gasteiger partial charge on any atom is 0.340 e. The minimum Gasteiger partial charge on any atom is -0.494 e. The molecule has 34 heavy (non-hydrogen) atoms. The predicted molar refractivity (Wildman–Crippen MR) is 131 cm³/mol. The van der Waals surface area contributed by atoms with Gasteiger partial charge in [0.2, 0.25) is 11.8 Å². The van der Waals surface area contributed by atoms with E-state index < -0.39 is 11.9 Å². The zero-order valence-corrected chi connectivity index (χ0v) is 19.7. The molecule has 7 nitrogen and oxygen atoms in total. The Kier molecular flexibility index (Phi) is 5.80. The molecular weight excluding hydrogens is 472 g/mol. The van der Waals surface area contributed by atoms with E-state index in [9.17, 15) is 19.8 Å². The van der Waals surface area contributed by atoms with Crippen LogP contribution in [0.2, 0.25) is 0 Å². The van der Waals surface area contributed by atoms with E-state index in [1.165, 1.54) is 16.3 Å². The summed E-state index contributed by atoms with van der Waals surface area (Å²) in [5.41, 5.74) is 1.94. The average molecular weight is 493 g/mol.